The van der Waals surface area contributed by atoms with E-state index in [1.807, 2.05) is 38.6 Å². The summed E-state index contributed by atoms with van der Waals surface area (Å²) in [6.07, 6.45) is 4.82. The zero-order valence-electron chi connectivity index (χ0n) is 21.4. The molecule has 0 atom stereocenters. The van der Waals surface area contributed by atoms with Crippen LogP contribution in [0.4, 0.5) is 16.3 Å². The third-order valence-corrected chi connectivity index (χ3v) is 7.90. The van der Waals surface area contributed by atoms with Crippen LogP contribution in [0.2, 0.25) is 0 Å². The van der Waals surface area contributed by atoms with Gasteiger partial charge in [0, 0.05) is 44.5 Å². The number of carbonyl (C=O) groups is 1. The molecule has 0 aliphatic carbocycles. The summed E-state index contributed by atoms with van der Waals surface area (Å²) in [4.78, 5) is 25.9. The number of piperidine rings is 1. The summed E-state index contributed by atoms with van der Waals surface area (Å²) in [5, 5.41) is 4.85. The van der Waals surface area contributed by atoms with Crippen molar-refractivity contribution in [1.29, 1.82) is 0 Å². The number of hydrogen-bond donors (Lipinski definition) is 0. The Kier molecular flexibility index (Phi) is 5.93. The summed E-state index contributed by atoms with van der Waals surface area (Å²) in [5.74, 6) is 0.941. The highest BCUT2D eigenvalue weighted by molar-refractivity contribution is 7.90. The van der Waals surface area contributed by atoms with Gasteiger partial charge in [-0.3, -0.25) is 4.68 Å². The maximum atomic E-state index is 12.5. The summed E-state index contributed by atoms with van der Waals surface area (Å²) in [7, 11) is -1.37. The molecule has 11 heteroatoms. The maximum Gasteiger partial charge on any atom is 0.410 e. The Bertz CT molecular complexity index is 1430. The predicted octanol–water partition coefficient (Wildman–Crippen LogP) is 3.58. The Morgan fingerprint density at radius 3 is 2.50 bits per heavy atom. The van der Waals surface area contributed by atoms with Gasteiger partial charge in [-0.1, -0.05) is 0 Å². The van der Waals surface area contributed by atoms with E-state index in [1.165, 1.54) is 6.26 Å². The van der Waals surface area contributed by atoms with E-state index in [9.17, 15) is 13.2 Å². The molecule has 3 aromatic rings. The van der Waals surface area contributed by atoms with Crippen LogP contribution >= 0.6 is 0 Å². The molecule has 5 rings (SSSR count). The quantitative estimate of drug-likeness (QED) is 0.524. The zero-order chi connectivity index (χ0) is 25.8. The van der Waals surface area contributed by atoms with Crippen molar-refractivity contribution in [3.8, 4) is 0 Å². The molecule has 1 saturated heterocycles. The van der Waals surface area contributed by atoms with Crippen molar-refractivity contribution in [2.75, 3.05) is 30.8 Å². The normalized spacial score (nSPS) is 17.0. The molecule has 0 unspecified atom stereocenters. The molecule has 1 aromatic carbocycles. The van der Waals surface area contributed by atoms with E-state index in [-0.39, 0.29) is 12.0 Å². The zero-order valence-corrected chi connectivity index (χ0v) is 22.2. The highest BCUT2D eigenvalue weighted by Crippen LogP contribution is 2.39. The Labute approximate surface area is 211 Å². The molecular weight excluding hydrogens is 480 g/mol. The van der Waals surface area contributed by atoms with Crippen LogP contribution in [0.15, 0.2) is 29.4 Å². The summed E-state index contributed by atoms with van der Waals surface area (Å²) in [6, 6.07) is 5.27. The molecule has 0 radical (unpaired) electrons. The van der Waals surface area contributed by atoms with Crippen LogP contribution in [-0.2, 0) is 28.0 Å². The standard InChI is InChI=1S/C25H32N6O4S/c1-25(2,3)35-24(32)30-11-8-16(9-12-30)20-21-22(29(4)28-20)23(27-15-26-21)31-13-10-17-14-18(36(5,33)34)6-7-19(17)31/h6-7,14-16H,8-13H2,1-5H3. The van der Waals surface area contributed by atoms with Gasteiger partial charge in [0.25, 0.3) is 0 Å². The van der Waals surface area contributed by atoms with Crippen LogP contribution in [0, 0.1) is 0 Å². The fourth-order valence-electron chi connectivity index (χ4n) is 5.08. The summed E-state index contributed by atoms with van der Waals surface area (Å²) < 4.78 is 31.4. The Morgan fingerprint density at radius 1 is 1.11 bits per heavy atom. The van der Waals surface area contributed by atoms with E-state index in [4.69, 9.17) is 9.84 Å². The number of aryl methyl sites for hydroxylation is 1. The molecule has 0 spiro atoms. The lowest BCUT2D eigenvalue weighted by molar-refractivity contribution is 0.0204. The third kappa shape index (κ3) is 4.52. The molecular formula is C25H32N6O4S. The van der Waals surface area contributed by atoms with Gasteiger partial charge in [0.1, 0.15) is 23.0 Å². The van der Waals surface area contributed by atoms with Crippen molar-refractivity contribution in [1.82, 2.24) is 24.6 Å². The number of sulfone groups is 1. The molecule has 192 valence electrons. The first-order chi connectivity index (χ1) is 16.9. The highest BCUT2D eigenvalue weighted by atomic mass is 32.2. The van der Waals surface area contributed by atoms with Gasteiger partial charge < -0.3 is 14.5 Å². The number of likely N-dealkylation sites (tertiary alicyclic amines) is 1. The minimum atomic E-state index is -3.27. The van der Waals surface area contributed by atoms with Crippen molar-refractivity contribution < 1.29 is 17.9 Å². The van der Waals surface area contributed by atoms with Crippen LogP contribution < -0.4 is 4.90 Å². The second kappa shape index (κ2) is 8.72. The van der Waals surface area contributed by atoms with E-state index >= 15 is 0 Å². The van der Waals surface area contributed by atoms with Crippen LogP contribution in [-0.4, -0.2) is 70.7 Å². The van der Waals surface area contributed by atoms with Crippen molar-refractivity contribution in [2.24, 2.45) is 7.05 Å². The van der Waals surface area contributed by atoms with Gasteiger partial charge >= 0.3 is 6.09 Å². The molecule has 36 heavy (non-hydrogen) atoms. The molecule has 2 aliphatic heterocycles. The molecule has 1 fully saturated rings. The average molecular weight is 513 g/mol. The van der Waals surface area contributed by atoms with Gasteiger partial charge in [-0.15, -0.1) is 0 Å². The summed E-state index contributed by atoms with van der Waals surface area (Å²) in [6.45, 7) is 7.54. The van der Waals surface area contributed by atoms with E-state index < -0.39 is 15.4 Å². The lowest BCUT2D eigenvalue weighted by Gasteiger charge is -2.32. The Morgan fingerprint density at radius 2 is 1.83 bits per heavy atom. The van der Waals surface area contributed by atoms with Crippen LogP contribution in [0.1, 0.15) is 50.8 Å². The molecule has 1 amide bonds. The van der Waals surface area contributed by atoms with Crippen molar-refractivity contribution in [2.45, 2.75) is 56.4 Å². The first-order valence-corrected chi connectivity index (χ1v) is 14.1. The van der Waals surface area contributed by atoms with Gasteiger partial charge in [-0.25, -0.2) is 23.2 Å². The predicted molar refractivity (Wildman–Crippen MR) is 136 cm³/mol. The number of fused-ring (bicyclic) bond motifs is 2. The summed E-state index contributed by atoms with van der Waals surface area (Å²) in [5.41, 5.74) is 4.02. The number of hydrogen-bond acceptors (Lipinski definition) is 8. The fraction of sp³-hybridized carbons (Fsp3) is 0.520. The van der Waals surface area contributed by atoms with Crippen molar-refractivity contribution in [3.05, 3.63) is 35.8 Å². The second-order valence-electron chi connectivity index (χ2n) is 10.6. The van der Waals surface area contributed by atoms with Crippen molar-refractivity contribution >= 4 is 38.5 Å². The first kappa shape index (κ1) is 24.5. The smallest absolute Gasteiger partial charge is 0.410 e. The lowest BCUT2D eigenvalue weighted by atomic mass is 9.93. The van der Waals surface area contributed by atoms with Crippen LogP contribution in [0.25, 0.3) is 11.0 Å². The number of nitrogens with zero attached hydrogens (tertiary/aromatic N) is 6. The van der Waals surface area contributed by atoms with Crippen molar-refractivity contribution in [3.63, 3.8) is 0 Å². The number of carbonyl (C=O) groups excluding carboxylic acids is 1. The molecule has 4 heterocycles. The fourth-order valence-corrected chi connectivity index (χ4v) is 5.75. The second-order valence-corrected chi connectivity index (χ2v) is 12.6. The number of ether oxygens (including phenoxy) is 1. The SMILES string of the molecule is Cn1nc(C2CCN(C(=O)OC(C)(C)C)CC2)c2ncnc(N3CCc4cc(S(C)(=O)=O)ccc43)c21. The Hall–Kier alpha value is -3.21. The van der Waals surface area contributed by atoms with Gasteiger partial charge in [0.05, 0.1) is 10.6 Å². The first-order valence-electron chi connectivity index (χ1n) is 12.2. The van der Waals surface area contributed by atoms with Gasteiger partial charge in [0.2, 0.25) is 0 Å². The number of benzene rings is 1. The lowest BCUT2D eigenvalue weighted by Crippen LogP contribution is -2.41. The van der Waals surface area contributed by atoms with Gasteiger partial charge in [0.15, 0.2) is 15.7 Å². The number of rotatable bonds is 3. The molecule has 0 bridgehead atoms. The minimum Gasteiger partial charge on any atom is -0.444 e. The number of anilines is 2. The molecule has 0 N–H and O–H groups in total. The molecule has 2 aliphatic rings. The van der Waals surface area contributed by atoms with E-state index in [0.29, 0.717) is 24.5 Å². The van der Waals surface area contributed by atoms with E-state index in [1.54, 1.807) is 23.4 Å². The molecule has 2 aromatic heterocycles. The minimum absolute atomic E-state index is 0.179. The maximum absolute atomic E-state index is 12.5. The molecule has 0 saturated carbocycles. The number of aromatic nitrogens is 4. The summed E-state index contributed by atoms with van der Waals surface area (Å²) >= 11 is 0. The van der Waals surface area contributed by atoms with Crippen LogP contribution in [0.5, 0.6) is 0 Å². The topological polar surface area (TPSA) is 111 Å². The number of amides is 1. The average Bonchev–Trinajstić information content (AvgIpc) is 3.38. The largest absolute Gasteiger partial charge is 0.444 e. The molecule has 10 nitrogen and oxygen atoms in total. The van der Waals surface area contributed by atoms with E-state index in [2.05, 4.69) is 14.9 Å². The van der Waals surface area contributed by atoms with Gasteiger partial charge in [-0.05, 0) is 63.8 Å². The van der Waals surface area contributed by atoms with Gasteiger partial charge in [-0.2, -0.15) is 5.10 Å². The Balaban J connectivity index is 1.42. The van der Waals surface area contributed by atoms with Crippen LogP contribution in [0.3, 0.4) is 0 Å². The van der Waals surface area contributed by atoms with E-state index in [0.717, 1.165) is 53.1 Å². The third-order valence-electron chi connectivity index (χ3n) is 6.79. The highest BCUT2D eigenvalue weighted by Gasteiger charge is 2.32. The monoisotopic (exact) mass is 512 g/mol.